The molecule has 1 aliphatic carbocycles. The first-order valence-electron chi connectivity index (χ1n) is 6.16. The predicted molar refractivity (Wildman–Crippen MR) is 66.5 cm³/mol. The summed E-state index contributed by atoms with van der Waals surface area (Å²) in [6.07, 6.45) is 3.91. The smallest absolute Gasteiger partial charge is 0.0601 e. The summed E-state index contributed by atoms with van der Waals surface area (Å²) in [5.41, 5.74) is 2.89. The molecule has 0 saturated heterocycles. The monoisotopic (exact) mass is 219 g/mol. The molecular formula is C14H21NO. The van der Waals surface area contributed by atoms with Gasteiger partial charge in [-0.1, -0.05) is 31.2 Å². The molecule has 0 amide bonds. The van der Waals surface area contributed by atoms with Crippen LogP contribution in [0.3, 0.4) is 0 Å². The number of aryl methyl sites for hydroxylation is 1. The molecule has 0 unspecified atom stereocenters. The number of rotatable bonds is 5. The molecule has 2 heteroatoms. The van der Waals surface area contributed by atoms with Crippen molar-refractivity contribution in [2.45, 2.75) is 44.9 Å². The van der Waals surface area contributed by atoms with E-state index in [0.717, 1.165) is 25.8 Å². The van der Waals surface area contributed by atoms with Crippen LogP contribution in [0.4, 0.5) is 0 Å². The van der Waals surface area contributed by atoms with Crippen LogP contribution in [0, 0.1) is 0 Å². The Bertz CT molecular complexity index is 331. The molecule has 0 bridgehead atoms. The van der Waals surface area contributed by atoms with E-state index in [2.05, 4.69) is 36.5 Å². The van der Waals surface area contributed by atoms with E-state index >= 15 is 0 Å². The Kier molecular flexibility index (Phi) is 3.97. The van der Waals surface area contributed by atoms with Crippen molar-refractivity contribution in [2.75, 3.05) is 7.11 Å². The van der Waals surface area contributed by atoms with Gasteiger partial charge in [-0.2, -0.15) is 0 Å². The summed E-state index contributed by atoms with van der Waals surface area (Å²) in [7, 11) is 1.80. The predicted octanol–water partition coefficient (Wildman–Crippen LogP) is 2.52. The summed E-state index contributed by atoms with van der Waals surface area (Å²) in [5, 5.41) is 3.59. The highest BCUT2D eigenvalue weighted by Gasteiger charge is 2.28. The number of benzene rings is 1. The first-order chi connectivity index (χ1) is 7.83. The second-order valence-electron chi connectivity index (χ2n) is 4.53. The summed E-state index contributed by atoms with van der Waals surface area (Å²) >= 11 is 0. The molecule has 88 valence electrons. The van der Waals surface area contributed by atoms with Crippen molar-refractivity contribution in [2.24, 2.45) is 0 Å². The third-order valence-electron chi connectivity index (χ3n) is 3.51. The van der Waals surface area contributed by atoms with Gasteiger partial charge in [0, 0.05) is 19.7 Å². The van der Waals surface area contributed by atoms with E-state index in [9.17, 15) is 0 Å². The quantitative estimate of drug-likeness (QED) is 0.821. The summed E-state index contributed by atoms with van der Waals surface area (Å²) in [6.45, 7) is 3.20. The Balaban J connectivity index is 1.81. The molecule has 1 aromatic carbocycles. The largest absolute Gasteiger partial charge is 0.381 e. The van der Waals surface area contributed by atoms with Crippen molar-refractivity contribution in [3.63, 3.8) is 0 Å². The third-order valence-corrected chi connectivity index (χ3v) is 3.51. The van der Waals surface area contributed by atoms with Crippen molar-refractivity contribution in [1.29, 1.82) is 0 Å². The van der Waals surface area contributed by atoms with Crippen LogP contribution in [-0.2, 0) is 17.7 Å². The molecule has 1 aliphatic rings. The van der Waals surface area contributed by atoms with Gasteiger partial charge in [0.1, 0.15) is 0 Å². The van der Waals surface area contributed by atoms with Gasteiger partial charge in [-0.25, -0.2) is 0 Å². The zero-order chi connectivity index (χ0) is 11.4. The minimum Gasteiger partial charge on any atom is -0.381 e. The summed E-state index contributed by atoms with van der Waals surface area (Å²) < 4.78 is 5.27. The molecule has 1 fully saturated rings. The molecule has 0 aromatic heterocycles. The molecule has 0 atom stereocenters. The highest BCUT2D eigenvalue weighted by atomic mass is 16.5. The van der Waals surface area contributed by atoms with Crippen molar-refractivity contribution >= 4 is 0 Å². The first kappa shape index (κ1) is 11.6. The molecule has 0 spiro atoms. The molecule has 1 saturated carbocycles. The number of ether oxygens (including phenoxy) is 1. The third kappa shape index (κ3) is 2.63. The van der Waals surface area contributed by atoms with E-state index in [1.54, 1.807) is 7.11 Å². The van der Waals surface area contributed by atoms with Crippen LogP contribution >= 0.6 is 0 Å². The van der Waals surface area contributed by atoms with Crippen LogP contribution in [0.2, 0.25) is 0 Å². The van der Waals surface area contributed by atoms with Gasteiger partial charge in [-0.15, -0.1) is 0 Å². The second-order valence-corrected chi connectivity index (χ2v) is 4.53. The molecule has 16 heavy (non-hydrogen) atoms. The molecule has 2 nitrogen and oxygen atoms in total. The minimum atomic E-state index is 0.485. The topological polar surface area (TPSA) is 21.3 Å². The number of hydrogen-bond donors (Lipinski definition) is 1. The van der Waals surface area contributed by atoms with Crippen LogP contribution in [0.1, 0.15) is 30.9 Å². The van der Waals surface area contributed by atoms with Crippen LogP contribution in [0.15, 0.2) is 24.3 Å². The molecule has 1 aromatic rings. The van der Waals surface area contributed by atoms with E-state index in [0.29, 0.717) is 12.1 Å². The zero-order valence-corrected chi connectivity index (χ0v) is 10.2. The summed E-state index contributed by atoms with van der Waals surface area (Å²) in [5.74, 6) is 0. The van der Waals surface area contributed by atoms with E-state index in [1.165, 1.54) is 11.1 Å². The Morgan fingerprint density at radius 3 is 2.56 bits per heavy atom. The van der Waals surface area contributed by atoms with Gasteiger partial charge in [-0.05, 0) is 30.4 Å². The highest BCUT2D eigenvalue weighted by Crippen LogP contribution is 2.23. The molecule has 0 aliphatic heterocycles. The minimum absolute atomic E-state index is 0.485. The SMILES string of the molecule is CCc1ccccc1CNC1CC(OC)C1. The van der Waals surface area contributed by atoms with Crippen LogP contribution < -0.4 is 5.32 Å². The van der Waals surface area contributed by atoms with E-state index < -0.39 is 0 Å². The molecule has 1 N–H and O–H groups in total. The number of nitrogens with one attached hydrogen (secondary N) is 1. The normalized spacial score (nSPS) is 24.1. The van der Waals surface area contributed by atoms with Gasteiger partial charge < -0.3 is 10.1 Å². The summed E-state index contributed by atoms with van der Waals surface area (Å²) in [6, 6.07) is 9.32. The fraction of sp³-hybridized carbons (Fsp3) is 0.571. The lowest BCUT2D eigenvalue weighted by molar-refractivity contribution is 0.0170. The number of hydrogen-bond acceptors (Lipinski definition) is 2. The molecule has 0 radical (unpaired) electrons. The van der Waals surface area contributed by atoms with Crippen LogP contribution in [0.25, 0.3) is 0 Å². The Labute approximate surface area is 98.0 Å². The molecular weight excluding hydrogens is 198 g/mol. The molecule has 2 rings (SSSR count). The van der Waals surface area contributed by atoms with E-state index in [1.807, 2.05) is 0 Å². The van der Waals surface area contributed by atoms with Gasteiger partial charge in [0.05, 0.1) is 6.10 Å². The van der Waals surface area contributed by atoms with Gasteiger partial charge >= 0.3 is 0 Å². The summed E-state index contributed by atoms with van der Waals surface area (Å²) in [4.78, 5) is 0. The Morgan fingerprint density at radius 1 is 1.25 bits per heavy atom. The maximum absolute atomic E-state index is 5.27. The maximum atomic E-state index is 5.27. The Hall–Kier alpha value is -0.860. The fourth-order valence-corrected chi connectivity index (χ4v) is 2.25. The average molecular weight is 219 g/mol. The lowest BCUT2D eigenvalue weighted by Crippen LogP contribution is -2.44. The van der Waals surface area contributed by atoms with Crippen molar-refractivity contribution < 1.29 is 4.74 Å². The second kappa shape index (κ2) is 5.46. The fourth-order valence-electron chi connectivity index (χ4n) is 2.25. The van der Waals surface area contributed by atoms with Crippen molar-refractivity contribution in [3.05, 3.63) is 35.4 Å². The number of methoxy groups -OCH3 is 1. The zero-order valence-electron chi connectivity index (χ0n) is 10.2. The Morgan fingerprint density at radius 2 is 1.94 bits per heavy atom. The lowest BCUT2D eigenvalue weighted by Gasteiger charge is -2.35. The van der Waals surface area contributed by atoms with E-state index in [4.69, 9.17) is 4.74 Å². The first-order valence-corrected chi connectivity index (χ1v) is 6.16. The van der Waals surface area contributed by atoms with Gasteiger partial charge in [0.25, 0.3) is 0 Å². The van der Waals surface area contributed by atoms with Crippen molar-refractivity contribution in [3.8, 4) is 0 Å². The van der Waals surface area contributed by atoms with Gasteiger partial charge in [0.15, 0.2) is 0 Å². The molecule has 0 heterocycles. The van der Waals surface area contributed by atoms with Crippen LogP contribution in [-0.4, -0.2) is 19.3 Å². The van der Waals surface area contributed by atoms with E-state index in [-0.39, 0.29) is 0 Å². The van der Waals surface area contributed by atoms with Gasteiger partial charge in [-0.3, -0.25) is 0 Å². The standard InChI is InChI=1S/C14H21NO/c1-3-11-6-4-5-7-12(11)10-15-13-8-14(9-13)16-2/h4-7,13-15H,3,8-10H2,1-2H3. The maximum Gasteiger partial charge on any atom is 0.0601 e. The van der Waals surface area contributed by atoms with Crippen LogP contribution in [0.5, 0.6) is 0 Å². The van der Waals surface area contributed by atoms with Crippen molar-refractivity contribution in [1.82, 2.24) is 5.32 Å². The average Bonchev–Trinajstić information content (AvgIpc) is 2.28. The van der Waals surface area contributed by atoms with Gasteiger partial charge in [0.2, 0.25) is 0 Å². The highest BCUT2D eigenvalue weighted by molar-refractivity contribution is 5.26. The lowest BCUT2D eigenvalue weighted by atomic mass is 9.89.